The van der Waals surface area contributed by atoms with Gasteiger partial charge in [0.05, 0.1) is 0 Å². The van der Waals surface area contributed by atoms with Crippen LogP contribution in [-0.4, -0.2) is 37.5 Å². The van der Waals surface area contributed by atoms with Crippen LogP contribution in [0.1, 0.15) is 38.7 Å². The molecule has 29 heavy (non-hydrogen) atoms. The van der Waals surface area contributed by atoms with Crippen molar-refractivity contribution in [2.75, 3.05) is 34.3 Å². The van der Waals surface area contributed by atoms with E-state index in [1.807, 2.05) is 35.2 Å². The molecule has 0 spiro atoms. The van der Waals surface area contributed by atoms with Gasteiger partial charge in [-0.3, -0.25) is 9.59 Å². The van der Waals surface area contributed by atoms with Crippen LogP contribution in [-0.2, 0) is 16.0 Å². The summed E-state index contributed by atoms with van der Waals surface area (Å²) in [6.45, 7) is 6.23. The van der Waals surface area contributed by atoms with E-state index in [4.69, 9.17) is 0 Å². The number of anilines is 3. The highest BCUT2D eigenvalue weighted by Crippen LogP contribution is 2.32. The molecule has 2 aliphatic rings. The van der Waals surface area contributed by atoms with Crippen LogP contribution in [0.3, 0.4) is 0 Å². The van der Waals surface area contributed by atoms with Crippen LogP contribution in [0.4, 0.5) is 17.1 Å². The van der Waals surface area contributed by atoms with E-state index in [-0.39, 0.29) is 17.9 Å². The maximum Gasteiger partial charge on any atom is 0.229 e. The molecule has 2 amide bonds. The Labute approximate surface area is 172 Å². The molecule has 2 aliphatic heterocycles. The van der Waals surface area contributed by atoms with Gasteiger partial charge in [0.1, 0.15) is 0 Å². The van der Waals surface area contributed by atoms with Gasteiger partial charge in [0, 0.05) is 56.1 Å². The molecule has 5 nitrogen and oxygen atoms in total. The summed E-state index contributed by atoms with van der Waals surface area (Å²) >= 11 is 0. The normalized spacial score (nSPS) is 18.1. The second-order valence-electron chi connectivity index (χ2n) is 8.08. The molecule has 0 bridgehead atoms. The van der Waals surface area contributed by atoms with Gasteiger partial charge in [0.15, 0.2) is 0 Å². The zero-order valence-electron chi connectivity index (χ0n) is 17.3. The predicted octanol–water partition coefficient (Wildman–Crippen LogP) is 4.01. The van der Waals surface area contributed by atoms with Crippen molar-refractivity contribution in [1.29, 1.82) is 0 Å². The molecule has 2 aromatic carbocycles. The zero-order valence-corrected chi connectivity index (χ0v) is 17.3. The van der Waals surface area contributed by atoms with E-state index in [1.54, 1.807) is 11.8 Å². The minimum Gasteiger partial charge on any atom is -0.372 e. The van der Waals surface area contributed by atoms with Crippen molar-refractivity contribution in [1.82, 2.24) is 0 Å². The van der Waals surface area contributed by atoms with Crippen LogP contribution in [0.5, 0.6) is 0 Å². The standard InChI is InChI=1S/C24H29N3O2/c1-18-17-20-7-3-4-8-23(20)27(18)24(29)13-16-26(19(2)28)22-11-9-21(10-12-22)25-14-5-6-15-25/h3-4,7-12,18H,5-6,13-17H2,1-2H3. The molecule has 1 saturated heterocycles. The fraction of sp³-hybridized carbons (Fsp3) is 0.417. The molecule has 0 saturated carbocycles. The first-order valence-electron chi connectivity index (χ1n) is 10.6. The third-order valence-corrected chi connectivity index (χ3v) is 6.04. The van der Waals surface area contributed by atoms with E-state index in [2.05, 4.69) is 30.0 Å². The largest absolute Gasteiger partial charge is 0.372 e. The van der Waals surface area contributed by atoms with E-state index < -0.39 is 0 Å². The smallest absolute Gasteiger partial charge is 0.229 e. The molecule has 1 atom stereocenters. The summed E-state index contributed by atoms with van der Waals surface area (Å²) in [6, 6.07) is 16.4. The Bertz CT molecular complexity index is 887. The van der Waals surface area contributed by atoms with Crippen molar-refractivity contribution in [2.24, 2.45) is 0 Å². The monoisotopic (exact) mass is 391 g/mol. The fourth-order valence-electron chi connectivity index (χ4n) is 4.56. The van der Waals surface area contributed by atoms with Gasteiger partial charge in [0.2, 0.25) is 11.8 Å². The van der Waals surface area contributed by atoms with Crippen molar-refractivity contribution in [3.63, 3.8) is 0 Å². The van der Waals surface area contributed by atoms with Crippen molar-refractivity contribution in [3.05, 3.63) is 54.1 Å². The van der Waals surface area contributed by atoms with Gasteiger partial charge >= 0.3 is 0 Å². The molecular weight excluding hydrogens is 362 g/mol. The number of rotatable bonds is 5. The van der Waals surface area contributed by atoms with Gasteiger partial charge in [-0.05, 0) is 62.1 Å². The van der Waals surface area contributed by atoms with E-state index >= 15 is 0 Å². The average Bonchev–Trinajstić information content (AvgIpc) is 3.35. The topological polar surface area (TPSA) is 43.9 Å². The minimum atomic E-state index is -0.0402. The lowest BCUT2D eigenvalue weighted by Gasteiger charge is -2.26. The summed E-state index contributed by atoms with van der Waals surface area (Å²) in [5.74, 6) is 0.0315. The highest BCUT2D eigenvalue weighted by Gasteiger charge is 2.30. The van der Waals surface area contributed by atoms with Gasteiger partial charge in [-0.25, -0.2) is 0 Å². The summed E-state index contributed by atoms with van der Waals surface area (Å²) in [6.07, 6.45) is 3.67. The second kappa shape index (κ2) is 8.27. The van der Waals surface area contributed by atoms with E-state index in [0.717, 1.165) is 30.9 Å². The maximum atomic E-state index is 13.0. The molecule has 1 fully saturated rings. The first-order valence-corrected chi connectivity index (χ1v) is 10.6. The van der Waals surface area contributed by atoms with Crippen LogP contribution >= 0.6 is 0 Å². The Morgan fingerprint density at radius 1 is 1.03 bits per heavy atom. The van der Waals surface area contributed by atoms with Crippen LogP contribution < -0.4 is 14.7 Å². The Morgan fingerprint density at radius 2 is 1.72 bits per heavy atom. The highest BCUT2D eigenvalue weighted by atomic mass is 16.2. The van der Waals surface area contributed by atoms with E-state index in [0.29, 0.717) is 13.0 Å². The Balaban J connectivity index is 1.44. The first-order chi connectivity index (χ1) is 14.0. The fourth-order valence-corrected chi connectivity index (χ4v) is 4.56. The van der Waals surface area contributed by atoms with Gasteiger partial charge in [0.25, 0.3) is 0 Å². The number of nitrogens with zero attached hydrogens (tertiary/aromatic N) is 3. The summed E-state index contributed by atoms with van der Waals surface area (Å²) in [5.41, 5.74) is 4.28. The molecule has 0 aromatic heterocycles. The summed E-state index contributed by atoms with van der Waals surface area (Å²) in [4.78, 5) is 31.2. The molecule has 1 unspecified atom stereocenters. The first kappa shape index (κ1) is 19.5. The van der Waals surface area contributed by atoms with Crippen molar-refractivity contribution >= 4 is 28.9 Å². The molecular formula is C24H29N3O2. The lowest BCUT2D eigenvalue weighted by atomic mass is 10.1. The SMILES string of the molecule is CC(=O)N(CCC(=O)N1c2ccccc2CC1C)c1ccc(N2CCCC2)cc1. The van der Waals surface area contributed by atoms with Crippen LogP contribution in [0, 0.1) is 0 Å². The molecule has 5 heteroatoms. The Hall–Kier alpha value is -2.82. The molecule has 4 rings (SSSR count). The number of carbonyl (C=O) groups is 2. The minimum absolute atomic E-state index is 0.0402. The van der Waals surface area contributed by atoms with Crippen LogP contribution in [0.2, 0.25) is 0 Å². The second-order valence-corrected chi connectivity index (χ2v) is 8.08. The third kappa shape index (κ3) is 4.00. The van der Waals surface area contributed by atoms with Gasteiger partial charge in [-0.1, -0.05) is 18.2 Å². The lowest BCUT2D eigenvalue weighted by molar-refractivity contribution is -0.119. The highest BCUT2D eigenvalue weighted by molar-refractivity contribution is 5.98. The van der Waals surface area contributed by atoms with Crippen molar-refractivity contribution in [3.8, 4) is 0 Å². The average molecular weight is 392 g/mol. The number of hydrogen-bond donors (Lipinski definition) is 0. The molecule has 0 radical (unpaired) electrons. The van der Waals surface area contributed by atoms with Crippen LogP contribution in [0.15, 0.2) is 48.5 Å². The number of amides is 2. The summed E-state index contributed by atoms with van der Waals surface area (Å²) in [7, 11) is 0. The summed E-state index contributed by atoms with van der Waals surface area (Å²) < 4.78 is 0. The Kier molecular flexibility index (Phi) is 5.56. The number of fused-ring (bicyclic) bond motifs is 1. The molecule has 152 valence electrons. The molecule has 0 N–H and O–H groups in total. The van der Waals surface area contributed by atoms with Gasteiger partial charge in [-0.2, -0.15) is 0 Å². The summed E-state index contributed by atoms with van der Waals surface area (Å²) in [5, 5.41) is 0. The molecule has 2 aromatic rings. The van der Waals surface area contributed by atoms with E-state index in [9.17, 15) is 9.59 Å². The van der Waals surface area contributed by atoms with E-state index in [1.165, 1.54) is 24.1 Å². The number of benzene rings is 2. The maximum absolute atomic E-state index is 13.0. The predicted molar refractivity (Wildman–Crippen MR) is 118 cm³/mol. The van der Waals surface area contributed by atoms with Gasteiger partial charge < -0.3 is 14.7 Å². The third-order valence-electron chi connectivity index (χ3n) is 6.04. The molecule has 2 heterocycles. The Morgan fingerprint density at radius 3 is 2.41 bits per heavy atom. The zero-order chi connectivity index (χ0) is 20.4. The number of para-hydroxylation sites is 1. The van der Waals surface area contributed by atoms with Crippen LogP contribution in [0.25, 0.3) is 0 Å². The van der Waals surface area contributed by atoms with Gasteiger partial charge in [-0.15, -0.1) is 0 Å². The molecule has 0 aliphatic carbocycles. The number of carbonyl (C=O) groups excluding carboxylic acids is 2. The van der Waals surface area contributed by atoms with Crippen molar-refractivity contribution in [2.45, 2.75) is 45.6 Å². The van der Waals surface area contributed by atoms with Crippen molar-refractivity contribution < 1.29 is 9.59 Å². The lowest BCUT2D eigenvalue weighted by Crippen LogP contribution is -2.39. The number of hydrogen-bond acceptors (Lipinski definition) is 3. The quantitative estimate of drug-likeness (QED) is 0.774.